The number of halogens is 1. The van der Waals surface area contributed by atoms with Gasteiger partial charge in [0, 0.05) is 30.5 Å². The fourth-order valence-electron chi connectivity index (χ4n) is 1.27. The molecule has 0 saturated heterocycles. The van der Waals surface area contributed by atoms with Gasteiger partial charge in [0.15, 0.2) is 0 Å². The average Bonchev–Trinajstić information content (AvgIpc) is 2.28. The molecule has 0 unspecified atom stereocenters. The summed E-state index contributed by atoms with van der Waals surface area (Å²) in [6.45, 7) is 5.70. The van der Waals surface area contributed by atoms with E-state index in [1.807, 2.05) is 21.0 Å². The quantitative estimate of drug-likeness (QED) is 0.929. The molecular formula is C12H16BrN3O. The van der Waals surface area contributed by atoms with Crippen molar-refractivity contribution in [3.63, 3.8) is 0 Å². The lowest BCUT2D eigenvalue weighted by Crippen LogP contribution is -2.25. The Balaban J connectivity index is 3.06. The predicted molar refractivity (Wildman–Crippen MR) is 73.2 cm³/mol. The summed E-state index contributed by atoms with van der Waals surface area (Å²) in [6.07, 6.45) is 2.38. The van der Waals surface area contributed by atoms with Crippen LogP contribution in [0.1, 0.15) is 23.7 Å². The SMILES string of the molecule is C=C(CC)NC(=O)c1cc(Br)cnc1N(C)C. The number of hydrogen-bond acceptors (Lipinski definition) is 3. The van der Waals surface area contributed by atoms with Crippen LogP contribution >= 0.6 is 15.9 Å². The Morgan fingerprint density at radius 2 is 2.24 bits per heavy atom. The Morgan fingerprint density at radius 3 is 2.76 bits per heavy atom. The number of nitrogens with one attached hydrogen (secondary N) is 1. The highest BCUT2D eigenvalue weighted by Gasteiger charge is 2.15. The van der Waals surface area contributed by atoms with Crippen LogP contribution in [0.2, 0.25) is 0 Å². The minimum Gasteiger partial charge on any atom is -0.362 e. The van der Waals surface area contributed by atoms with E-state index >= 15 is 0 Å². The highest BCUT2D eigenvalue weighted by molar-refractivity contribution is 9.10. The van der Waals surface area contributed by atoms with Gasteiger partial charge in [-0.3, -0.25) is 4.79 Å². The van der Waals surface area contributed by atoms with Crippen LogP contribution in [0.25, 0.3) is 0 Å². The summed E-state index contributed by atoms with van der Waals surface area (Å²) in [5.74, 6) is 0.448. The molecule has 0 saturated carbocycles. The predicted octanol–water partition coefficient (Wildman–Crippen LogP) is 2.56. The first-order valence-corrected chi connectivity index (χ1v) is 6.07. The van der Waals surface area contributed by atoms with E-state index in [0.29, 0.717) is 23.5 Å². The first-order chi connectivity index (χ1) is 7.95. The zero-order chi connectivity index (χ0) is 13.0. The fourth-order valence-corrected chi connectivity index (χ4v) is 1.60. The monoisotopic (exact) mass is 297 g/mol. The van der Waals surface area contributed by atoms with Gasteiger partial charge in [0.1, 0.15) is 5.82 Å². The van der Waals surface area contributed by atoms with Crippen molar-refractivity contribution in [1.29, 1.82) is 0 Å². The molecule has 1 rings (SSSR count). The summed E-state index contributed by atoms with van der Waals surface area (Å²) in [7, 11) is 3.70. The molecule has 17 heavy (non-hydrogen) atoms. The number of amides is 1. The second-order valence-corrected chi connectivity index (χ2v) is 4.75. The lowest BCUT2D eigenvalue weighted by Gasteiger charge is -2.16. The van der Waals surface area contributed by atoms with Gasteiger partial charge in [0.25, 0.3) is 5.91 Å². The molecule has 0 aliphatic carbocycles. The van der Waals surface area contributed by atoms with Gasteiger partial charge in [0.2, 0.25) is 0 Å². The number of allylic oxidation sites excluding steroid dienone is 1. The second kappa shape index (κ2) is 5.82. The summed E-state index contributed by atoms with van der Waals surface area (Å²) in [4.78, 5) is 18.1. The molecule has 0 aromatic carbocycles. The van der Waals surface area contributed by atoms with Gasteiger partial charge < -0.3 is 10.2 Å². The third kappa shape index (κ3) is 3.56. The van der Waals surface area contributed by atoms with Crippen molar-refractivity contribution >= 4 is 27.7 Å². The normalized spacial score (nSPS) is 9.88. The van der Waals surface area contributed by atoms with E-state index in [4.69, 9.17) is 0 Å². The lowest BCUT2D eigenvalue weighted by molar-refractivity contribution is 0.0965. The van der Waals surface area contributed by atoms with Gasteiger partial charge in [-0.2, -0.15) is 0 Å². The molecule has 5 heteroatoms. The van der Waals surface area contributed by atoms with E-state index in [0.717, 1.165) is 4.47 Å². The summed E-state index contributed by atoms with van der Waals surface area (Å²) < 4.78 is 0.773. The molecule has 1 aromatic heterocycles. The van der Waals surface area contributed by atoms with Gasteiger partial charge in [-0.25, -0.2) is 4.98 Å². The molecule has 0 aliphatic rings. The van der Waals surface area contributed by atoms with Crippen LogP contribution in [0, 0.1) is 0 Å². The Labute approximate surface area is 110 Å². The lowest BCUT2D eigenvalue weighted by atomic mass is 10.2. The molecule has 92 valence electrons. The minimum atomic E-state index is -0.186. The molecule has 0 aliphatic heterocycles. The Kier molecular flexibility index (Phi) is 4.69. The van der Waals surface area contributed by atoms with Crippen LogP contribution in [0.3, 0.4) is 0 Å². The maximum absolute atomic E-state index is 12.0. The van der Waals surface area contributed by atoms with Crippen molar-refractivity contribution in [3.05, 3.63) is 34.6 Å². The molecule has 0 radical (unpaired) electrons. The van der Waals surface area contributed by atoms with E-state index in [-0.39, 0.29) is 5.91 Å². The molecule has 0 atom stereocenters. The number of aromatic nitrogens is 1. The van der Waals surface area contributed by atoms with E-state index in [9.17, 15) is 4.79 Å². The number of anilines is 1. The van der Waals surface area contributed by atoms with Crippen molar-refractivity contribution in [1.82, 2.24) is 10.3 Å². The van der Waals surface area contributed by atoms with E-state index in [1.54, 1.807) is 17.2 Å². The molecule has 1 amide bonds. The summed E-state index contributed by atoms with van der Waals surface area (Å²) in [5.41, 5.74) is 1.22. The van der Waals surface area contributed by atoms with Crippen molar-refractivity contribution in [2.24, 2.45) is 0 Å². The Morgan fingerprint density at radius 1 is 1.59 bits per heavy atom. The zero-order valence-corrected chi connectivity index (χ0v) is 11.8. The average molecular weight is 298 g/mol. The maximum Gasteiger partial charge on any atom is 0.259 e. The first-order valence-electron chi connectivity index (χ1n) is 5.27. The van der Waals surface area contributed by atoms with Gasteiger partial charge in [-0.1, -0.05) is 13.5 Å². The van der Waals surface area contributed by atoms with Crippen molar-refractivity contribution < 1.29 is 4.79 Å². The molecule has 1 N–H and O–H groups in total. The van der Waals surface area contributed by atoms with Gasteiger partial charge in [0.05, 0.1) is 5.56 Å². The number of pyridine rings is 1. The van der Waals surface area contributed by atoms with E-state index < -0.39 is 0 Å². The third-order valence-electron chi connectivity index (χ3n) is 2.22. The van der Waals surface area contributed by atoms with Crippen molar-refractivity contribution in [3.8, 4) is 0 Å². The molecule has 0 fully saturated rings. The number of hydrogen-bond donors (Lipinski definition) is 1. The fraction of sp³-hybridized carbons (Fsp3) is 0.333. The topological polar surface area (TPSA) is 45.2 Å². The maximum atomic E-state index is 12.0. The van der Waals surface area contributed by atoms with Crippen LogP contribution in [0.5, 0.6) is 0 Å². The van der Waals surface area contributed by atoms with E-state index in [1.165, 1.54) is 0 Å². The highest BCUT2D eigenvalue weighted by atomic mass is 79.9. The largest absolute Gasteiger partial charge is 0.362 e. The summed E-state index contributed by atoms with van der Waals surface area (Å²) in [5, 5.41) is 2.75. The number of carbonyl (C=O) groups excluding carboxylic acids is 1. The molecular weight excluding hydrogens is 282 g/mol. The number of rotatable bonds is 4. The third-order valence-corrected chi connectivity index (χ3v) is 2.65. The summed E-state index contributed by atoms with van der Waals surface area (Å²) in [6, 6.07) is 1.75. The molecule has 1 heterocycles. The van der Waals surface area contributed by atoms with Crippen LogP contribution in [0.15, 0.2) is 29.0 Å². The first kappa shape index (κ1) is 13.7. The Hall–Kier alpha value is -1.36. The summed E-state index contributed by atoms with van der Waals surface area (Å²) >= 11 is 3.31. The smallest absolute Gasteiger partial charge is 0.259 e. The van der Waals surface area contributed by atoms with Crippen LogP contribution in [-0.2, 0) is 0 Å². The van der Waals surface area contributed by atoms with Gasteiger partial charge in [-0.15, -0.1) is 0 Å². The second-order valence-electron chi connectivity index (χ2n) is 3.83. The number of carbonyl (C=O) groups is 1. The van der Waals surface area contributed by atoms with Gasteiger partial charge >= 0.3 is 0 Å². The number of nitrogens with zero attached hydrogens (tertiary/aromatic N) is 2. The molecule has 0 bridgehead atoms. The van der Waals surface area contributed by atoms with Gasteiger partial charge in [-0.05, 0) is 28.4 Å². The van der Waals surface area contributed by atoms with Crippen LogP contribution in [-0.4, -0.2) is 25.0 Å². The van der Waals surface area contributed by atoms with Crippen LogP contribution < -0.4 is 10.2 Å². The Bertz CT molecular complexity index is 443. The standard InChI is InChI=1S/C12H16BrN3O/c1-5-8(2)15-12(17)10-6-9(13)7-14-11(10)16(3)4/h6-7H,2,5H2,1,3-4H3,(H,15,17). The van der Waals surface area contributed by atoms with Crippen molar-refractivity contribution in [2.75, 3.05) is 19.0 Å². The van der Waals surface area contributed by atoms with Crippen molar-refractivity contribution in [2.45, 2.75) is 13.3 Å². The molecule has 4 nitrogen and oxygen atoms in total. The van der Waals surface area contributed by atoms with E-state index in [2.05, 4.69) is 32.8 Å². The highest BCUT2D eigenvalue weighted by Crippen LogP contribution is 2.20. The minimum absolute atomic E-state index is 0.186. The molecule has 0 spiro atoms. The van der Waals surface area contributed by atoms with Crippen LogP contribution in [0.4, 0.5) is 5.82 Å². The zero-order valence-electron chi connectivity index (χ0n) is 10.2. The molecule has 1 aromatic rings.